The summed E-state index contributed by atoms with van der Waals surface area (Å²) in [6, 6.07) is 1.50. The standard InChI is InChI=1S/C14H30N2/c1-5-8-13-11-16(9-6-2)14(10-15-13)12(4)7-3/h12-15H,5-11H2,1-4H3. The Bertz CT molecular complexity index is 182. The van der Waals surface area contributed by atoms with Gasteiger partial charge in [0, 0.05) is 25.2 Å². The second-order valence-electron chi connectivity index (χ2n) is 5.34. The Hall–Kier alpha value is -0.0800. The fourth-order valence-electron chi connectivity index (χ4n) is 2.82. The van der Waals surface area contributed by atoms with Crippen LogP contribution < -0.4 is 5.32 Å². The highest BCUT2D eigenvalue weighted by molar-refractivity contribution is 4.88. The average molecular weight is 226 g/mol. The van der Waals surface area contributed by atoms with Crippen molar-refractivity contribution in [1.82, 2.24) is 10.2 Å². The van der Waals surface area contributed by atoms with Crippen LogP contribution in [0.2, 0.25) is 0 Å². The molecule has 0 aliphatic carbocycles. The molecular formula is C14H30N2. The molecule has 1 rings (SSSR count). The molecule has 0 bridgehead atoms. The maximum absolute atomic E-state index is 3.73. The van der Waals surface area contributed by atoms with Gasteiger partial charge in [0.1, 0.15) is 0 Å². The van der Waals surface area contributed by atoms with E-state index in [2.05, 4.69) is 37.9 Å². The highest BCUT2D eigenvalue weighted by Gasteiger charge is 2.29. The Morgan fingerprint density at radius 3 is 2.56 bits per heavy atom. The largest absolute Gasteiger partial charge is 0.311 e. The molecule has 1 aliphatic heterocycles. The van der Waals surface area contributed by atoms with E-state index in [4.69, 9.17) is 0 Å². The average Bonchev–Trinajstić information content (AvgIpc) is 2.29. The smallest absolute Gasteiger partial charge is 0.0246 e. The van der Waals surface area contributed by atoms with Crippen LogP contribution in [0.3, 0.4) is 0 Å². The maximum atomic E-state index is 3.73. The summed E-state index contributed by atoms with van der Waals surface area (Å²) in [5, 5.41) is 3.73. The SMILES string of the molecule is CCCC1CN(CCC)C(C(C)CC)CN1. The first kappa shape index (κ1) is 14.0. The summed E-state index contributed by atoms with van der Waals surface area (Å²) in [6.07, 6.45) is 5.20. The van der Waals surface area contributed by atoms with E-state index in [1.807, 2.05) is 0 Å². The molecule has 0 saturated carbocycles. The number of piperazine rings is 1. The molecule has 0 radical (unpaired) electrons. The molecule has 0 aromatic rings. The molecule has 1 N–H and O–H groups in total. The normalized spacial score (nSPS) is 29.2. The summed E-state index contributed by atoms with van der Waals surface area (Å²) in [7, 11) is 0. The molecule has 1 fully saturated rings. The first-order valence-electron chi connectivity index (χ1n) is 7.20. The van der Waals surface area contributed by atoms with Gasteiger partial charge < -0.3 is 5.32 Å². The van der Waals surface area contributed by atoms with E-state index < -0.39 is 0 Å². The predicted octanol–water partition coefficient (Wildman–Crippen LogP) is 2.89. The summed E-state index contributed by atoms with van der Waals surface area (Å²) >= 11 is 0. The van der Waals surface area contributed by atoms with Crippen molar-refractivity contribution in [3.63, 3.8) is 0 Å². The molecule has 0 aromatic carbocycles. The Morgan fingerprint density at radius 1 is 1.25 bits per heavy atom. The van der Waals surface area contributed by atoms with E-state index in [0.29, 0.717) is 0 Å². The molecule has 0 spiro atoms. The first-order chi connectivity index (χ1) is 7.72. The Labute approximate surface area is 102 Å². The van der Waals surface area contributed by atoms with Gasteiger partial charge in [-0.1, -0.05) is 40.5 Å². The Kier molecular flexibility index (Phi) is 6.37. The molecule has 0 aromatic heterocycles. The van der Waals surface area contributed by atoms with Gasteiger partial charge in [-0.05, 0) is 25.3 Å². The topological polar surface area (TPSA) is 15.3 Å². The molecule has 3 atom stereocenters. The second kappa shape index (κ2) is 7.29. The van der Waals surface area contributed by atoms with Crippen LogP contribution >= 0.6 is 0 Å². The first-order valence-corrected chi connectivity index (χ1v) is 7.20. The van der Waals surface area contributed by atoms with Crippen molar-refractivity contribution in [1.29, 1.82) is 0 Å². The number of hydrogen-bond acceptors (Lipinski definition) is 2. The molecule has 0 amide bonds. The fourth-order valence-corrected chi connectivity index (χ4v) is 2.82. The van der Waals surface area contributed by atoms with Crippen molar-refractivity contribution >= 4 is 0 Å². The van der Waals surface area contributed by atoms with E-state index in [9.17, 15) is 0 Å². The maximum Gasteiger partial charge on any atom is 0.0246 e. The van der Waals surface area contributed by atoms with Crippen molar-refractivity contribution in [2.24, 2.45) is 5.92 Å². The van der Waals surface area contributed by atoms with Crippen molar-refractivity contribution in [2.75, 3.05) is 19.6 Å². The van der Waals surface area contributed by atoms with Gasteiger partial charge in [0.25, 0.3) is 0 Å². The predicted molar refractivity (Wildman–Crippen MR) is 71.8 cm³/mol. The molecule has 1 saturated heterocycles. The van der Waals surface area contributed by atoms with Crippen LogP contribution in [0.4, 0.5) is 0 Å². The van der Waals surface area contributed by atoms with Crippen LogP contribution in [0.15, 0.2) is 0 Å². The van der Waals surface area contributed by atoms with E-state index in [1.54, 1.807) is 0 Å². The van der Waals surface area contributed by atoms with Crippen LogP contribution in [-0.2, 0) is 0 Å². The molecule has 2 nitrogen and oxygen atoms in total. The third kappa shape index (κ3) is 3.74. The highest BCUT2D eigenvalue weighted by Crippen LogP contribution is 2.19. The molecule has 96 valence electrons. The zero-order valence-electron chi connectivity index (χ0n) is 11.6. The van der Waals surface area contributed by atoms with Gasteiger partial charge in [-0.25, -0.2) is 0 Å². The van der Waals surface area contributed by atoms with Crippen LogP contribution in [0.25, 0.3) is 0 Å². The molecule has 16 heavy (non-hydrogen) atoms. The second-order valence-corrected chi connectivity index (χ2v) is 5.34. The van der Waals surface area contributed by atoms with Crippen LogP contribution in [0.5, 0.6) is 0 Å². The van der Waals surface area contributed by atoms with Crippen molar-refractivity contribution in [2.45, 2.75) is 65.5 Å². The quantitative estimate of drug-likeness (QED) is 0.749. The number of nitrogens with zero attached hydrogens (tertiary/aromatic N) is 1. The molecule has 1 aliphatic rings. The monoisotopic (exact) mass is 226 g/mol. The van der Waals surface area contributed by atoms with Crippen molar-refractivity contribution < 1.29 is 0 Å². The van der Waals surface area contributed by atoms with E-state index >= 15 is 0 Å². The highest BCUT2D eigenvalue weighted by atomic mass is 15.2. The van der Waals surface area contributed by atoms with Gasteiger partial charge in [-0.15, -0.1) is 0 Å². The van der Waals surface area contributed by atoms with Gasteiger partial charge >= 0.3 is 0 Å². The number of hydrogen-bond donors (Lipinski definition) is 1. The summed E-state index contributed by atoms with van der Waals surface area (Å²) in [5.41, 5.74) is 0. The van der Waals surface area contributed by atoms with Crippen LogP contribution in [0, 0.1) is 5.92 Å². The lowest BCUT2D eigenvalue weighted by molar-refractivity contribution is 0.0890. The third-order valence-electron chi connectivity index (χ3n) is 3.99. The van der Waals surface area contributed by atoms with E-state index in [-0.39, 0.29) is 0 Å². The number of nitrogens with one attached hydrogen (secondary N) is 1. The fraction of sp³-hybridized carbons (Fsp3) is 1.00. The van der Waals surface area contributed by atoms with Crippen LogP contribution in [-0.4, -0.2) is 36.6 Å². The lowest BCUT2D eigenvalue weighted by Gasteiger charge is -2.43. The number of rotatable bonds is 6. The van der Waals surface area contributed by atoms with Gasteiger partial charge in [-0.2, -0.15) is 0 Å². The summed E-state index contributed by atoms with van der Waals surface area (Å²) in [6.45, 7) is 13.0. The molecule has 2 heteroatoms. The van der Waals surface area contributed by atoms with Crippen molar-refractivity contribution in [3.8, 4) is 0 Å². The molecule has 3 unspecified atom stereocenters. The van der Waals surface area contributed by atoms with Gasteiger partial charge in [0.05, 0.1) is 0 Å². The molecule has 1 heterocycles. The minimum atomic E-state index is 0.733. The molecular weight excluding hydrogens is 196 g/mol. The Balaban J connectivity index is 2.52. The van der Waals surface area contributed by atoms with Gasteiger partial charge in [-0.3, -0.25) is 4.90 Å². The van der Waals surface area contributed by atoms with Crippen LogP contribution in [0.1, 0.15) is 53.4 Å². The van der Waals surface area contributed by atoms with E-state index in [1.165, 1.54) is 45.3 Å². The zero-order chi connectivity index (χ0) is 12.0. The van der Waals surface area contributed by atoms with E-state index in [0.717, 1.165) is 18.0 Å². The summed E-state index contributed by atoms with van der Waals surface area (Å²) in [4.78, 5) is 2.73. The van der Waals surface area contributed by atoms with Gasteiger partial charge in [0.15, 0.2) is 0 Å². The lowest BCUT2D eigenvalue weighted by atomic mass is 9.93. The summed E-state index contributed by atoms with van der Waals surface area (Å²) in [5.74, 6) is 0.821. The van der Waals surface area contributed by atoms with Gasteiger partial charge in [0.2, 0.25) is 0 Å². The minimum Gasteiger partial charge on any atom is -0.311 e. The lowest BCUT2D eigenvalue weighted by Crippen LogP contribution is -2.58. The third-order valence-corrected chi connectivity index (χ3v) is 3.99. The minimum absolute atomic E-state index is 0.733. The van der Waals surface area contributed by atoms with Crippen molar-refractivity contribution in [3.05, 3.63) is 0 Å². The Morgan fingerprint density at radius 2 is 2.00 bits per heavy atom. The summed E-state index contributed by atoms with van der Waals surface area (Å²) < 4.78 is 0. The zero-order valence-corrected chi connectivity index (χ0v) is 11.6.